The number of hydrogen-bond acceptors (Lipinski definition) is 6. The van der Waals surface area contributed by atoms with Gasteiger partial charge in [-0.25, -0.2) is 0 Å². The summed E-state index contributed by atoms with van der Waals surface area (Å²) in [6.45, 7) is 7.16. The molecule has 2 aromatic heterocycles. The molecule has 4 heterocycles. The molecule has 2 saturated heterocycles. The Morgan fingerprint density at radius 1 is 1.19 bits per heavy atom. The Morgan fingerprint density at radius 3 is 2.68 bits per heavy atom. The molecule has 2 aliphatic rings. The zero-order chi connectivity index (χ0) is 21.6. The van der Waals surface area contributed by atoms with E-state index >= 15 is 0 Å². The Labute approximate surface area is 181 Å². The average Bonchev–Trinajstić information content (AvgIpc) is 3.42. The molecule has 5 rings (SSSR count). The highest BCUT2D eigenvalue weighted by atomic mass is 16.5. The van der Waals surface area contributed by atoms with Crippen LogP contribution in [0.5, 0.6) is 0 Å². The second kappa shape index (κ2) is 7.60. The first-order chi connectivity index (χ1) is 14.9. The highest BCUT2D eigenvalue weighted by molar-refractivity contribution is 5.77. The van der Waals surface area contributed by atoms with Crippen molar-refractivity contribution in [3.05, 3.63) is 53.7 Å². The van der Waals surface area contributed by atoms with E-state index in [0.29, 0.717) is 24.7 Å². The van der Waals surface area contributed by atoms with Gasteiger partial charge in [-0.15, -0.1) is 0 Å². The molecular weight excluding hydrogens is 392 g/mol. The van der Waals surface area contributed by atoms with Crippen molar-refractivity contribution in [3.8, 4) is 11.4 Å². The fourth-order valence-electron chi connectivity index (χ4n) is 5.05. The first-order valence-corrected chi connectivity index (χ1v) is 10.8. The zero-order valence-corrected chi connectivity index (χ0v) is 18.3. The molecule has 1 unspecified atom stereocenters. The minimum absolute atomic E-state index is 0.0944. The van der Waals surface area contributed by atoms with Crippen molar-refractivity contribution in [2.45, 2.75) is 39.3 Å². The monoisotopic (exact) mass is 420 g/mol. The molecule has 1 spiro atoms. The van der Waals surface area contributed by atoms with Crippen LogP contribution in [0, 0.1) is 19.3 Å². The van der Waals surface area contributed by atoms with Crippen molar-refractivity contribution < 1.29 is 9.32 Å². The molecule has 8 nitrogen and oxygen atoms in total. The predicted octanol–water partition coefficient (Wildman–Crippen LogP) is 2.85. The fourth-order valence-corrected chi connectivity index (χ4v) is 5.05. The average molecular weight is 421 g/mol. The maximum Gasteiger partial charge on any atom is 0.244 e. The van der Waals surface area contributed by atoms with E-state index in [1.54, 1.807) is 0 Å². The summed E-state index contributed by atoms with van der Waals surface area (Å²) in [5.41, 5.74) is 3.16. The molecule has 0 saturated carbocycles. The van der Waals surface area contributed by atoms with Crippen LogP contribution in [0.1, 0.15) is 36.2 Å². The van der Waals surface area contributed by atoms with Gasteiger partial charge in [-0.05, 0) is 33.4 Å². The van der Waals surface area contributed by atoms with Crippen molar-refractivity contribution in [1.82, 2.24) is 29.7 Å². The van der Waals surface area contributed by atoms with Gasteiger partial charge in [-0.3, -0.25) is 14.4 Å². The number of nitrogens with zero attached hydrogens (tertiary/aromatic N) is 6. The number of likely N-dealkylation sites (tertiary alicyclic amines) is 2. The minimum atomic E-state index is 0.0944. The van der Waals surface area contributed by atoms with Gasteiger partial charge in [-0.2, -0.15) is 10.1 Å². The summed E-state index contributed by atoms with van der Waals surface area (Å²) in [5, 5.41) is 8.63. The van der Waals surface area contributed by atoms with Crippen LogP contribution in [-0.2, 0) is 11.3 Å². The van der Waals surface area contributed by atoms with Gasteiger partial charge in [0.2, 0.25) is 17.6 Å². The lowest BCUT2D eigenvalue weighted by Gasteiger charge is -2.48. The van der Waals surface area contributed by atoms with Gasteiger partial charge >= 0.3 is 0 Å². The molecule has 2 aliphatic heterocycles. The van der Waals surface area contributed by atoms with Crippen LogP contribution in [0.2, 0.25) is 0 Å². The number of rotatable bonds is 5. The Balaban J connectivity index is 1.18. The highest BCUT2D eigenvalue weighted by Gasteiger charge is 2.53. The van der Waals surface area contributed by atoms with E-state index in [4.69, 9.17) is 4.52 Å². The highest BCUT2D eigenvalue weighted by Crippen LogP contribution is 2.47. The molecule has 0 radical (unpaired) electrons. The first-order valence-electron chi connectivity index (χ1n) is 10.8. The molecule has 2 fully saturated rings. The summed E-state index contributed by atoms with van der Waals surface area (Å²) in [5.74, 6) is 1.49. The third-order valence-electron chi connectivity index (χ3n) is 6.55. The maximum atomic E-state index is 12.7. The first kappa shape index (κ1) is 19.9. The number of benzene rings is 1. The van der Waals surface area contributed by atoms with E-state index < -0.39 is 0 Å². The van der Waals surface area contributed by atoms with Crippen LogP contribution in [0.15, 0.2) is 40.9 Å². The second-order valence-corrected chi connectivity index (χ2v) is 9.11. The van der Waals surface area contributed by atoms with Crippen LogP contribution < -0.4 is 0 Å². The van der Waals surface area contributed by atoms with Crippen LogP contribution in [0.25, 0.3) is 11.4 Å². The van der Waals surface area contributed by atoms with E-state index in [1.807, 2.05) is 59.8 Å². The second-order valence-electron chi connectivity index (χ2n) is 9.11. The summed E-state index contributed by atoms with van der Waals surface area (Å²) in [7, 11) is 2.10. The fraction of sp³-hybridized carbons (Fsp3) is 0.478. The van der Waals surface area contributed by atoms with Crippen LogP contribution >= 0.6 is 0 Å². The van der Waals surface area contributed by atoms with Crippen LogP contribution in [0.3, 0.4) is 0 Å². The molecule has 162 valence electrons. The summed E-state index contributed by atoms with van der Waals surface area (Å²) < 4.78 is 7.54. The predicted molar refractivity (Wildman–Crippen MR) is 115 cm³/mol. The quantitative estimate of drug-likeness (QED) is 0.631. The van der Waals surface area contributed by atoms with E-state index in [0.717, 1.165) is 43.0 Å². The molecule has 31 heavy (non-hydrogen) atoms. The lowest BCUT2D eigenvalue weighted by atomic mass is 9.77. The molecule has 8 heteroatoms. The van der Waals surface area contributed by atoms with Gasteiger partial charge in [0.15, 0.2) is 0 Å². The number of hydrogen-bond donors (Lipinski definition) is 0. The van der Waals surface area contributed by atoms with Crippen LogP contribution in [0.4, 0.5) is 0 Å². The molecule has 0 aliphatic carbocycles. The van der Waals surface area contributed by atoms with E-state index in [1.165, 1.54) is 0 Å². The standard InChI is InChI=1S/C23H28N6O2/c1-16-11-17(2)29(25-16)10-9-20(30)28-14-23(15-28)12-19(27(3)13-23)22-24-21(26-31-22)18-7-5-4-6-8-18/h4-8,11,19H,9-10,12-15H2,1-3H3. The Hall–Kier alpha value is -3.00. The molecule has 1 atom stereocenters. The lowest BCUT2D eigenvalue weighted by Crippen LogP contribution is -2.59. The topological polar surface area (TPSA) is 80.3 Å². The molecule has 3 aromatic rings. The Morgan fingerprint density at radius 2 is 1.97 bits per heavy atom. The summed E-state index contributed by atoms with van der Waals surface area (Å²) in [6, 6.07) is 12.0. The van der Waals surface area contributed by atoms with Crippen molar-refractivity contribution in [2.75, 3.05) is 26.7 Å². The Kier molecular flexibility index (Phi) is 4.89. The molecule has 0 bridgehead atoms. The summed E-state index contributed by atoms with van der Waals surface area (Å²) in [4.78, 5) is 21.6. The summed E-state index contributed by atoms with van der Waals surface area (Å²) in [6.07, 6.45) is 1.42. The lowest BCUT2D eigenvalue weighted by molar-refractivity contribution is -0.143. The summed E-state index contributed by atoms with van der Waals surface area (Å²) >= 11 is 0. The van der Waals surface area contributed by atoms with E-state index in [9.17, 15) is 4.79 Å². The number of carbonyl (C=O) groups excluding carboxylic acids is 1. The SMILES string of the molecule is Cc1cc(C)n(CCC(=O)N2CC3(CC(c4nc(-c5ccccc5)no4)N(C)C3)C2)n1. The van der Waals surface area contributed by atoms with Crippen LogP contribution in [-0.4, -0.2) is 62.3 Å². The molecule has 0 N–H and O–H groups in total. The third-order valence-corrected chi connectivity index (χ3v) is 6.55. The largest absolute Gasteiger partial charge is 0.341 e. The number of aryl methyl sites for hydroxylation is 3. The van der Waals surface area contributed by atoms with Gasteiger partial charge in [-0.1, -0.05) is 35.5 Å². The Bertz CT molecular complexity index is 1080. The normalized spacial score (nSPS) is 20.4. The van der Waals surface area contributed by atoms with Gasteiger partial charge in [0, 0.05) is 49.3 Å². The van der Waals surface area contributed by atoms with Crippen molar-refractivity contribution in [2.24, 2.45) is 5.41 Å². The number of carbonyl (C=O) groups is 1. The van der Waals surface area contributed by atoms with E-state index in [-0.39, 0.29) is 17.4 Å². The van der Waals surface area contributed by atoms with Gasteiger partial charge in [0.25, 0.3) is 0 Å². The van der Waals surface area contributed by atoms with Gasteiger partial charge in [0.05, 0.1) is 11.7 Å². The third kappa shape index (κ3) is 3.76. The number of amides is 1. The van der Waals surface area contributed by atoms with Crippen molar-refractivity contribution in [1.29, 1.82) is 0 Å². The van der Waals surface area contributed by atoms with Gasteiger partial charge in [0.1, 0.15) is 0 Å². The maximum absolute atomic E-state index is 12.7. The van der Waals surface area contributed by atoms with Crippen molar-refractivity contribution in [3.63, 3.8) is 0 Å². The zero-order valence-electron chi connectivity index (χ0n) is 18.3. The molecule has 1 aromatic carbocycles. The van der Waals surface area contributed by atoms with Gasteiger partial charge < -0.3 is 9.42 Å². The smallest absolute Gasteiger partial charge is 0.244 e. The molecular formula is C23H28N6O2. The molecule has 1 amide bonds. The van der Waals surface area contributed by atoms with Crippen molar-refractivity contribution >= 4 is 5.91 Å². The van der Waals surface area contributed by atoms with E-state index in [2.05, 4.69) is 27.2 Å². The minimum Gasteiger partial charge on any atom is -0.341 e. The number of aromatic nitrogens is 4.